The van der Waals surface area contributed by atoms with E-state index in [4.69, 9.17) is 9.84 Å². The number of aliphatic hydroxyl groups is 1. The molecule has 1 aromatic carbocycles. The SMILES string of the molecule is CC1(C)OCCN2C(=O)C(=O)C(C(=O)NCc3ccc(F)cc3C(=O)NCCO)N=C21. The topological polar surface area (TPSA) is 137 Å². The summed E-state index contributed by atoms with van der Waals surface area (Å²) in [6.07, 6.45) is 0. The highest BCUT2D eigenvalue weighted by Gasteiger charge is 2.47. The van der Waals surface area contributed by atoms with Gasteiger partial charge < -0.3 is 20.5 Å². The third-order valence-electron chi connectivity index (χ3n) is 4.94. The largest absolute Gasteiger partial charge is 0.395 e. The lowest BCUT2D eigenvalue weighted by molar-refractivity contribution is -0.148. The predicted octanol–water partition coefficient (Wildman–Crippen LogP) is -0.849. The molecule has 1 saturated heterocycles. The van der Waals surface area contributed by atoms with Crippen molar-refractivity contribution < 1.29 is 33.4 Å². The van der Waals surface area contributed by atoms with Crippen LogP contribution >= 0.6 is 0 Å². The predicted molar refractivity (Wildman–Crippen MR) is 106 cm³/mol. The van der Waals surface area contributed by atoms with E-state index in [-0.39, 0.29) is 49.8 Å². The van der Waals surface area contributed by atoms with Crippen LogP contribution in [-0.4, -0.2) is 77.3 Å². The first-order valence-corrected chi connectivity index (χ1v) is 9.69. The van der Waals surface area contributed by atoms with Crippen LogP contribution in [0.1, 0.15) is 29.8 Å². The number of aliphatic imine (C=N–C) groups is 1. The van der Waals surface area contributed by atoms with Crippen molar-refractivity contribution in [3.05, 3.63) is 35.1 Å². The Balaban J connectivity index is 1.79. The molecule has 2 heterocycles. The van der Waals surface area contributed by atoms with Gasteiger partial charge >= 0.3 is 0 Å². The highest BCUT2D eigenvalue weighted by Crippen LogP contribution is 2.24. The van der Waals surface area contributed by atoms with E-state index in [0.717, 1.165) is 12.1 Å². The number of fused-ring (bicyclic) bond motifs is 1. The number of carbonyl (C=O) groups is 4. The molecule has 0 bridgehead atoms. The monoisotopic (exact) mass is 434 g/mol. The number of rotatable bonds is 6. The van der Waals surface area contributed by atoms with Gasteiger partial charge in [0.1, 0.15) is 17.3 Å². The number of hydrogen-bond donors (Lipinski definition) is 3. The third kappa shape index (κ3) is 4.62. The summed E-state index contributed by atoms with van der Waals surface area (Å²) >= 11 is 0. The third-order valence-corrected chi connectivity index (χ3v) is 4.94. The maximum absolute atomic E-state index is 13.6. The van der Waals surface area contributed by atoms with E-state index >= 15 is 0 Å². The number of amides is 3. The normalized spacial score (nSPS) is 20.1. The number of aliphatic hydroxyl groups excluding tert-OH is 1. The van der Waals surface area contributed by atoms with Gasteiger partial charge in [-0.05, 0) is 31.5 Å². The maximum atomic E-state index is 13.6. The Morgan fingerprint density at radius 1 is 1.32 bits per heavy atom. The lowest BCUT2D eigenvalue weighted by Crippen LogP contribution is -2.62. The first-order chi connectivity index (χ1) is 14.7. The van der Waals surface area contributed by atoms with E-state index < -0.39 is 41.0 Å². The second-order valence-electron chi connectivity index (χ2n) is 7.53. The molecule has 0 aromatic heterocycles. The Morgan fingerprint density at radius 3 is 2.77 bits per heavy atom. The Kier molecular flexibility index (Phi) is 6.46. The fraction of sp³-hybridized carbons (Fsp3) is 0.450. The number of morpholine rings is 1. The average molecular weight is 434 g/mol. The summed E-state index contributed by atoms with van der Waals surface area (Å²) in [7, 11) is 0. The number of hydrogen-bond acceptors (Lipinski definition) is 7. The summed E-state index contributed by atoms with van der Waals surface area (Å²) in [6, 6.07) is 1.87. The molecular weight excluding hydrogens is 411 g/mol. The van der Waals surface area contributed by atoms with Crippen molar-refractivity contribution in [2.24, 2.45) is 4.99 Å². The van der Waals surface area contributed by atoms with Gasteiger partial charge in [0.05, 0.1) is 19.8 Å². The van der Waals surface area contributed by atoms with Gasteiger partial charge in [-0.25, -0.2) is 9.38 Å². The molecule has 0 aliphatic carbocycles. The Labute approximate surface area is 177 Å². The summed E-state index contributed by atoms with van der Waals surface area (Å²) < 4.78 is 19.2. The van der Waals surface area contributed by atoms with E-state index in [1.807, 2.05) is 0 Å². The summed E-state index contributed by atoms with van der Waals surface area (Å²) in [6.45, 7) is 3.27. The van der Waals surface area contributed by atoms with Crippen LogP contribution in [0.4, 0.5) is 4.39 Å². The Morgan fingerprint density at radius 2 is 2.06 bits per heavy atom. The standard InChI is InChI=1S/C20H23FN4O6/c1-20(2)19-24-14(15(27)18(30)25(19)6-8-31-20)17(29)23-10-11-3-4-12(21)9-13(11)16(28)22-5-7-26/h3-4,9,14,26H,5-8,10H2,1-2H3,(H,22,28)(H,23,29). The fourth-order valence-corrected chi connectivity index (χ4v) is 3.38. The number of Topliss-reactive ketones (excluding diaryl/α,β-unsaturated/α-hetero) is 1. The smallest absolute Gasteiger partial charge is 0.298 e. The highest BCUT2D eigenvalue weighted by atomic mass is 19.1. The molecule has 2 aliphatic heterocycles. The fourth-order valence-electron chi connectivity index (χ4n) is 3.38. The molecule has 0 radical (unpaired) electrons. The second-order valence-corrected chi connectivity index (χ2v) is 7.53. The Hall–Kier alpha value is -3.18. The lowest BCUT2D eigenvalue weighted by atomic mass is 9.99. The Bertz CT molecular complexity index is 961. The summed E-state index contributed by atoms with van der Waals surface area (Å²) in [5.74, 6) is -3.68. The molecule has 1 unspecified atom stereocenters. The van der Waals surface area contributed by atoms with Gasteiger partial charge in [-0.2, -0.15) is 0 Å². The van der Waals surface area contributed by atoms with Crippen molar-refractivity contribution in [3.8, 4) is 0 Å². The van der Waals surface area contributed by atoms with E-state index in [2.05, 4.69) is 15.6 Å². The van der Waals surface area contributed by atoms with Crippen LogP contribution in [0.25, 0.3) is 0 Å². The van der Waals surface area contributed by atoms with E-state index in [0.29, 0.717) is 0 Å². The summed E-state index contributed by atoms with van der Waals surface area (Å²) in [4.78, 5) is 55.2. The first-order valence-electron chi connectivity index (χ1n) is 9.69. The number of ether oxygens (including phenoxy) is 1. The van der Waals surface area contributed by atoms with Crippen LogP contribution in [-0.2, 0) is 25.7 Å². The first kappa shape index (κ1) is 22.5. The number of nitrogens with one attached hydrogen (secondary N) is 2. The molecule has 166 valence electrons. The quantitative estimate of drug-likeness (QED) is 0.394. The van der Waals surface area contributed by atoms with Crippen LogP contribution < -0.4 is 10.6 Å². The number of carbonyl (C=O) groups excluding carboxylic acids is 4. The molecule has 0 spiro atoms. The molecule has 3 rings (SSSR count). The number of benzene rings is 1. The van der Waals surface area contributed by atoms with Gasteiger partial charge in [-0.3, -0.25) is 24.1 Å². The molecule has 31 heavy (non-hydrogen) atoms. The van der Waals surface area contributed by atoms with Crippen LogP contribution in [0.3, 0.4) is 0 Å². The maximum Gasteiger partial charge on any atom is 0.298 e. The number of ketones is 1. The minimum absolute atomic E-state index is 0.0221. The van der Waals surface area contributed by atoms with Crippen LogP contribution in [0.5, 0.6) is 0 Å². The minimum atomic E-state index is -1.58. The number of nitrogens with zero attached hydrogens (tertiary/aromatic N) is 2. The summed E-state index contributed by atoms with van der Waals surface area (Å²) in [5.41, 5.74) is -0.684. The zero-order valence-electron chi connectivity index (χ0n) is 17.1. The van der Waals surface area contributed by atoms with E-state index in [9.17, 15) is 23.6 Å². The van der Waals surface area contributed by atoms with Crippen molar-refractivity contribution in [3.63, 3.8) is 0 Å². The molecule has 11 heteroatoms. The molecule has 3 N–H and O–H groups in total. The molecule has 1 atom stereocenters. The van der Waals surface area contributed by atoms with Gasteiger partial charge in [-0.15, -0.1) is 0 Å². The molecule has 1 fully saturated rings. The van der Waals surface area contributed by atoms with Crippen molar-refractivity contribution in [1.82, 2.24) is 15.5 Å². The van der Waals surface area contributed by atoms with Crippen molar-refractivity contribution in [2.45, 2.75) is 32.0 Å². The number of amidine groups is 1. The van der Waals surface area contributed by atoms with Gasteiger partial charge in [-0.1, -0.05) is 6.07 Å². The van der Waals surface area contributed by atoms with Crippen LogP contribution in [0.15, 0.2) is 23.2 Å². The zero-order chi connectivity index (χ0) is 22.8. The van der Waals surface area contributed by atoms with Gasteiger partial charge in [0.2, 0.25) is 0 Å². The van der Waals surface area contributed by atoms with E-state index in [1.54, 1.807) is 13.8 Å². The zero-order valence-corrected chi connectivity index (χ0v) is 17.1. The second kappa shape index (κ2) is 8.90. The molecule has 10 nitrogen and oxygen atoms in total. The highest BCUT2D eigenvalue weighted by molar-refractivity contribution is 6.46. The lowest BCUT2D eigenvalue weighted by Gasteiger charge is -2.41. The molecule has 1 aromatic rings. The van der Waals surface area contributed by atoms with E-state index in [1.165, 1.54) is 11.0 Å². The molecule has 3 amide bonds. The molecule has 0 saturated carbocycles. The minimum Gasteiger partial charge on any atom is -0.395 e. The van der Waals surface area contributed by atoms with Crippen molar-refractivity contribution in [1.29, 1.82) is 0 Å². The van der Waals surface area contributed by atoms with Crippen LogP contribution in [0, 0.1) is 5.82 Å². The van der Waals surface area contributed by atoms with Crippen LogP contribution in [0.2, 0.25) is 0 Å². The average Bonchev–Trinajstić information content (AvgIpc) is 2.73. The summed E-state index contributed by atoms with van der Waals surface area (Å²) in [5, 5.41) is 13.7. The molecular formula is C20H23FN4O6. The molecule has 2 aliphatic rings. The van der Waals surface area contributed by atoms with Crippen molar-refractivity contribution in [2.75, 3.05) is 26.3 Å². The number of halogens is 1. The van der Waals surface area contributed by atoms with Gasteiger partial charge in [0.15, 0.2) is 6.04 Å². The van der Waals surface area contributed by atoms with Gasteiger partial charge in [0.25, 0.3) is 23.5 Å². The van der Waals surface area contributed by atoms with Crippen molar-refractivity contribution >= 4 is 29.3 Å². The van der Waals surface area contributed by atoms with Gasteiger partial charge in [0, 0.05) is 18.7 Å².